The molecule has 0 saturated carbocycles. The number of aromatic nitrogens is 2. The molecule has 1 amide bonds. The molecule has 2 aromatic heterocycles. The summed E-state index contributed by atoms with van der Waals surface area (Å²) in [7, 11) is 1.63. The van der Waals surface area contributed by atoms with Crippen molar-refractivity contribution in [1.82, 2.24) is 9.97 Å². The third kappa shape index (κ3) is 3.94. The highest BCUT2D eigenvalue weighted by atomic mass is 32.1. The van der Waals surface area contributed by atoms with E-state index < -0.39 is 0 Å². The normalized spacial score (nSPS) is 10.8. The molecule has 0 aliphatic heterocycles. The molecule has 0 bridgehead atoms. The van der Waals surface area contributed by atoms with E-state index in [1.54, 1.807) is 24.6 Å². The molecule has 4 rings (SSSR count). The predicted molar refractivity (Wildman–Crippen MR) is 112 cm³/mol. The van der Waals surface area contributed by atoms with Crippen LogP contribution in [-0.4, -0.2) is 23.0 Å². The van der Waals surface area contributed by atoms with Crippen LogP contribution in [0.1, 0.15) is 5.56 Å². The number of carbonyl (C=O) groups excluding carboxylic acids is 1. The Morgan fingerprint density at radius 3 is 2.68 bits per heavy atom. The van der Waals surface area contributed by atoms with Crippen molar-refractivity contribution in [3.8, 4) is 16.9 Å². The van der Waals surface area contributed by atoms with E-state index in [-0.39, 0.29) is 12.3 Å². The predicted octanol–water partition coefficient (Wildman–Crippen LogP) is 4.14. The van der Waals surface area contributed by atoms with Crippen molar-refractivity contribution in [3.05, 3.63) is 66.5 Å². The van der Waals surface area contributed by atoms with E-state index in [9.17, 15) is 4.79 Å². The molecule has 0 atom stereocenters. The number of anilines is 2. The van der Waals surface area contributed by atoms with Crippen molar-refractivity contribution in [2.75, 3.05) is 12.4 Å². The molecule has 0 unspecified atom stereocenters. The number of nitrogens with two attached hydrogens (primary N) is 1. The Bertz CT molecular complexity index is 1140. The molecule has 3 N–H and O–H groups in total. The number of nitrogens with one attached hydrogen (secondary N) is 1. The van der Waals surface area contributed by atoms with Gasteiger partial charge >= 0.3 is 0 Å². The zero-order chi connectivity index (χ0) is 19.5. The van der Waals surface area contributed by atoms with Gasteiger partial charge in [-0.3, -0.25) is 9.78 Å². The number of methoxy groups -OCH3 is 1. The van der Waals surface area contributed by atoms with Crippen LogP contribution in [0.25, 0.3) is 21.3 Å². The molecule has 7 heteroatoms. The summed E-state index contributed by atoms with van der Waals surface area (Å²) >= 11 is 1.58. The second kappa shape index (κ2) is 7.66. The van der Waals surface area contributed by atoms with Gasteiger partial charge in [-0.1, -0.05) is 29.5 Å². The van der Waals surface area contributed by atoms with Crippen LogP contribution in [0.5, 0.6) is 5.75 Å². The van der Waals surface area contributed by atoms with Gasteiger partial charge in [0.25, 0.3) is 0 Å². The molecule has 4 aromatic rings. The molecule has 0 saturated heterocycles. The lowest BCUT2D eigenvalue weighted by molar-refractivity contribution is -0.117. The number of rotatable bonds is 6. The summed E-state index contributed by atoms with van der Waals surface area (Å²) in [6, 6.07) is 15.7. The van der Waals surface area contributed by atoms with Crippen LogP contribution in [0.15, 0.2) is 60.9 Å². The highest BCUT2D eigenvalue weighted by Crippen LogP contribution is 2.32. The minimum absolute atomic E-state index is 0.239. The first-order chi connectivity index (χ1) is 13.6. The van der Waals surface area contributed by atoms with Gasteiger partial charge < -0.3 is 15.8 Å². The van der Waals surface area contributed by atoms with Crippen molar-refractivity contribution in [2.45, 2.75) is 6.42 Å². The van der Waals surface area contributed by atoms with E-state index >= 15 is 0 Å². The molecular weight excluding hydrogens is 372 g/mol. The van der Waals surface area contributed by atoms with Gasteiger partial charge in [0.2, 0.25) is 5.91 Å². The zero-order valence-corrected chi connectivity index (χ0v) is 16.0. The Morgan fingerprint density at radius 1 is 1.11 bits per heavy atom. The summed E-state index contributed by atoms with van der Waals surface area (Å²) in [5, 5.41) is 4.11. The molecule has 0 radical (unpaired) electrons. The Kier molecular flexibility index (Phi) is 4.90. The highest BCUT2D eigenvalue weighted by Gasteiger charge is 2.08. The monoisotopic (exact) mass is 390 g/mol. The third-order valence-electron chi connectivity index (χ3n) is 4.25. The van der Waals surface area contributed by atoms with Crippen LogP contribution in [-0.2, 0) is 11.2 Å². The van der Waals surface area contributed by atoms with Crippen LogP contribution in [0, 0.1) is 0 Å². The smallest absolute Gasteiger partial charge is 0.221 e. The van der Waals surface area contributed by atoms with Crippen molar-refractivity contribution < 1.29 is 9.53 Å². The van der Waals surface area contributed by atoms with Gasteiger partial charge in [0, 0.05) is 17.4 Å². The number of ether oxygens (including phenoxy) is 1. The van der Waals surface area contributed by atoms with E-state index in [0.29, 0.717) is 0 Å². The average molecular weight is 390 g/mol. The maximum atomic E-state index is 11.0. The molecule has 0 spiro atoms. The van der Waals surface area contributed by atoms with Crippen molar-refractivity contribution in [3.63, 3.8) is 0 Å². The van der Waals surface area contributed by atoms with Gasteiger partial charge in [-0.05, 0) is 41.5 Å². The molecule has 2 heterocycles. The maximum absolute atomic E-state index is 11.0. The molecule has 2 aromatic carbocycles. The largest absolute Gasteiger partial charge is 0.495 e. The van der Waals surface area contributed by atoms with Crippen molar-refractivity contribution >= 4 is 38.3 Å². The van der Waals surface area contributed by atoms with Gasteiger partial charge in [-0.2, -0.15) is 0 Å². The summed E-state index contributed by atoms with van der Waals surface area (Å²) < 4.78 is 6.33. The Hall–Kier alpha value is -3.45. The van der Waals surface area contributed by atoms with E-state index in [0.717, 1.165) is 43.5 Å². The lowest BCUT2D eigenvalue weighted by Gasteiger charge is -2.03. The minimum atomic E-state index is -0.339. The van der Waals surface area contributed by atoms with Crippen molar-refractivity contribution in [1.29, 1.82) is 0 Å². The minimum Gasteiger partial charge on any atom is -0.495 e. The fraction of sp³-hybridized carbons (Fsp3) is 0.0952. The standard InChI is InChI=1S/C21H18N4O2S/c1-27-17-9-15(11-23-12-17)14-4-7-18-19(10-14)28-21(25-18)24-16-5-2-13(3-6-16)8-20(22)26/h2-7,9-12H,8H2,1H3,(H2,22,26)(H,24,25). The maximum Gasteiger partial charge on any atom is 0.221 e. The van der Waals surface area contributed by atoms with Crippen LogP contribution >= 0.6 is 11.3 Å². The SMILES string of the molecule is COc1cncc(-c2ccc3nc(Nc4ccc(CC(N)=O)cc4)sc3c2)c1. The lowest BCUT2D eigenvalue weighted by atomic mass is 10.1. The molecule has 140 valence electrons. The number of hydrogen-bond acceptors (Lipinski definition) is 6. The second-order valence-electron chi connectivity index (χ2n) is 6.28. The number of fused-ring (bicyclic) bond motifs is 1. The molecule has 0 aliphatic rings. The first-order valence-corrected chi connectivity index (χ1v) is 9.46. The van der Waals surface area contributed by atoms with E-state index in [4.69, 9.17) is 10.5 Å². The van der Waals surface area contributed by atoms with E-state index in [1.165, 1.54) is 0 Å². The molecule has 6 nitrogen and oxygen atoms in total. The van der Waals surface area contributed by atoms with Crippen LogP contribution in [0.3, 0.4) is 0 Å². The Balaban J connectivity index is 1.57. The lowest BCUT2D eigenvalue weighted by Crippen LogP contribution is -2.13. The number of amides is 1. The summed E-state index contributed by atoms with van der Waals surface area (Å²) in [5.74, 6) is 0.387. The zero-order valence-electron chi connectivity index (χ0n) is 15.2. The summed E-state index contributed by atoms with van der Waals surface area (Å²) in [6.45, 7) is 0. The van der Waals surface area contributed by atoms with Crippen LogP contribution in [0.2, 0.25) is 0 Å². The van der Waals surface area contributed by atoms with Gasteiger partial charge in [-0.25, -0.2) is 4.98 Å². The third-order valence-corrected chi connectivity index (χ3v) is 5.19. The molecular formula is C21H18N4O2S. The summed E-state index contributed by atoms with van der Waals surface area (Å²) in [4.78, 5) is 19.9. The van der Waals surface area contributed by atoms with Crippen LogP contribution in [0.4, 0.5) is 10.8 Å². The van der Waals surface area contributed by atoms with Gasteiger partial charge in [0.15, 0.2) is 5.13 Å². The fourth-order valence-corrected chi connectivity index (χ4v) is 3.80. The number of thiazole rings is 1. The number of hydrogen-bond donors (Lipinski definition) is 2. The van der Waals surface area contributed by atoms with Crippen molar-refractivity contribution in [2.24, 2.45) is 5.73 Å². The molecule has 0 aliphatic carbocycles. The highest BCUT2D eigenvalue weighted by molar-refractivity contribution is 7.22. The number of nitrogens with zero attached hydrogens (tertiary/aromatic N) is 2. The summed E-state index contributed by atoms with van der Waals surface area (Å²) in [6.07, 6.45) is 3.74. The number of pyridine rings is 1. The molecule has 0 fully saturated rings. The number of carbonyl (C=O) groups is 1. The van der Waals surface area contributed by atoms with E-state index in [2.05, 4.69) is 21.4 Å². The average Bonchev–Trinajstić information content (AvgIpc) is 3.10. The quantitative estimate of drug-likeness (QED) is 0.516. The first-order valence-electron chi connectivity index (χ1n) is 8.65. The fourth-order valence-electron chi connectivity index (χ4n) is 2.88. The second-order valence-corrected chi connectivity index (χ2v) is 7.31. The van der Waals surface area contributed by atoms with Crippen LogP contribution < -0.4 is 15.8 Å². The van der Waals surface area contributed by atoms with Gasteiger partial charge in [0.1, 0.15) is 5.75 Å². The summed E-state index contributed by atoms with van der Waals surface area (Å²) in [5.41, 5.74) is 10.0. The van der Waals surface area contributed by atoms with Gasteiger partial charge in [0.05, 0.1) is 29.9 Å². The Morgan fingerprint density at radius 2 is 1.93 bits per heavy atom. The van der Waals surface area contributed by atoms with Gasteiger partial charge in [-0.15, -0.1) is 0 Å². The number of benzene rings is 2. The topological polar surface area (TPSA) is 90.1 Å². The Labute approximate surface area is 166 Å². The molecule has 28 heavy (non-hydrogen) atoms. The first kappa shape index (κ1) is 17.9. The number of primary amides is 1. The van der Waals surface area contributed by atoms with E-state index in [1.807, 2.05) is 48.7 Å².